The molecular formula is C22H27F2N5O5. The van der Waals surface area contributed by atoms with Gasteiger partial charge in [-0.25, -0.2) is 23.5 Å². The standard InChI is InChI=1S/C22H27F2N5O5/c1-6-33-20(30)22(2,3)28-9-13(8-25)29-21-26-10-14(11-27-21)34-12-15-18(23)16(31-4)7-17(32-5)19(15)24/h7-11H,6,12,25H2,1-5H3,(H,26,27,29). The zero-order valence-electron chi connectivity index (χ0n) is 19.5. The summed E-state index contributed by atoms with van der Waals surface area (Å²) in [5.41, 5.74) is 4.44. The van der Waals surface area contributed by atoms with Gasteiger partial charge in [0.1, 0.15) is 6.61 Å². The molecule has 2 aromatic rings. The first-order valence-electron chi connectivity index (χ1n) is 10.1. The number of rotatable bonds is 11. The Morgan fingerprint density at radius 2 is 1.76 bits per heavy atom. The minimum Gasteiger partial charge on any atom is -0.494 e. The molecule has 0 saturated carbocycles. The molecule has 1 heterocycles. The smallest absolute Gasteiger partial charge is 0.333 e. The van der Waals surface area contributed by atoms with E-state index in [0.717, 1.165) is 6.07 Å². The number of carbonyl (C=O) groups is 1. The average Bonchev–Trinajstić information content (AvgIpc) is 2.82. The van der Waals surface area contributed by atoms with E-state index in [9.17, 15) is 13.6 Å². The number of allylic oxidation sites excluding steroid dienone is 1. The zero-order valence-corrected chi connectivity index (χ0v) is 19.5. The van der Waals surface area contributed by atoms with Gasteiger partial charge in [0.05, 0.1) is 44.5 Å². The topological polar surface area (TPSA) is 130 Å². The van der Waals surface area contributed by atoms with Crippen molar-refractivity contribution >= 4 is 18.1 Å². The molecule has 2 rings (SSSR count). The highest BCUT2D eigenvalue weighted by Gasteiger charge is 2.27. The Morgan fingerprint density at radius 1 is 1.18 bits per heavy atom. The lowest BCUT2D eigenvalue weighted by atomic mass is 10.1. The summed E-state index contributed by atoms with van der Waals surface area (Å²) < 4.78 is 49.1. The van der Waals surface area contributed by atoms with Gasteiger partial charge in [0.25, 0.3) is 0 Å². The monoisotopic (exact) mass is 479 g/mol. The molecule has 3 N–H and O–H groups in total. The minimum absolute atomic E-state index is 0.143. The van der Waals surface area contributed by atoms with Crippen molar-refractivity contribution in [3.05, 3.63) is 47.6 Å². The number of anilines is 1. The minimum atomic E-state index is -1.11. The fourth-order valence-corrected chi connectivity index (χ4v) is 2.51. The summed E-state index contributed by atoms with van der Waals surface area (Å²) in [4.78, 5) is 24.3. The maximum absolute atomic E-state index is 14.4. The molecule has 0 fully saturated rings. The van der Waals surface area contributed by atoms with Crippen LogP contribution in [-0.4, -0.2) is 48.5 Å². The predicted molar refractivity (Wildman–Crippen MR) is 121 cm³/mol. The van der Waals surface area contributed by atoms with Crippen LogP contribution in [0.3, 0.4) is 0 Å². The Morgan fingerprint density at radius 3 is 2.26 bits per heavy atom. The normalized spacial score (nSPS) is 11.9. The van der Waals surface area contributed by atoms with Crippen LogP contribution in [0.1, 0.15) is 26.3 Å². The van der Waals surface area contributed by atoms with E-state index in [1.165, 1.54) is 39.0 Å². The summed E-state index contributed by atoms with van der Waals surface area (Å²) in [6.07, 6.45) is 5.18. The molecule has 0 spiro atoms. The van der Waals surface area contributed by atoms with E-state index in [2.05, 4.69) is 20.3 Å². The molecule has 0 bridgehead atoms. The second kappa shape index (κ2) is 11.8. The fraction of sp³-hybridized carbons (Fsp3) is 0.364. The highest BCUT2D eigenvalue weighted by Crippen LogP contribution is 2.31. The maximum Gasteiger partial charge on any atom is 0.333 e. The molecule has 0 atom stereocenters. The molecule has 0 aliphatic rings. The number of methoxy groups -OCH3 is 2. The Kier molecular flexibility index (Phi) is 9.10. The summed E-state index contributed by atoms with van der Waals surface area (Å²) in [5, 5.41) is 2.83. The van der Waals surface area contributed by atoms with Crippen LogP contribution in [0, 0.1) is 11.6 Å². The van der Waals surface area contributed by atoms with E-state index in [1.807, 2.05) is 0 Å². The van der Waals surface area contributed by atoms with Crippen LogP contribution >= 0.6 is 0 Å². The number of nitrogens with two attached hydrogens (primary N) is 1. The molecule has 34 heavy (non-hydrogen) atoms. The zero-order chi connectivity index (χ0) is 25.3. The molecule has 0 aliphatic carbocycles. The van der Waals surface area contributed by atoms with E-state index in [1.54, 1.807) is 20.8 Å². The number of esters is 1. The Bertz CT molecular complexity index is 1030. The number of nitrogens with one attached hydrogen (secondary N) is 1. The average molecular weight is 479 g/mol. The van der Waals surface area contributed by atoms with Gasteiger partial charge in [-0.2, -0.15) is 0 Å². The van der Waals surface area contributed by atoms with Crippen molar-refractivity contribution in [3.63, 3.8) is 0 Å². The third-order valence-corrected chi connectivity index (χ3v) is 4.41. The first-order chi connectivity index (χ1) is 16.2. The van der Waals surface area contributed by atoms with Crippen LogP contribution in [0.15, 0.2) is 35.3 Å². The molecule has 0 amide bonds. The summed E-state index contributed by atoms with van der Waals surface area (Å²) in [6.45, 7) is 4.69. The molecule has 0 saturated heterocycles. The van der Waals surface area contributed by atoms with E-state index in [4.69, 9.17) is 24.7 Å². The highest BCUT2D eigenvalue weighted by atomic mass is 19.1. The molecule has 0 unspecified atom stereocenters. The Hall–Kier alpha value is -3.96. The lowest BCUT2D eigenvalue weighted by Gasteiger charge is -2.17. The van der Waals surface area contributed by atoms with Crippen LogP contribution in [0.5, 0.6) is 17.2 Å². The first-order valence-corrected chi connectivity index (χ1v) is 10.1. The molecular weight excluding hydrogens is 452 g/mol. The lowest BCUT2D eigenvalue weighted by Crippen LogP contribution is -2.32. The quantitative estimate of drug-likeness (QED) is 0.369. The van der Waals surface area contributed by atoms with Crippen LogP contribution < -0.4 is 25.3 Å². The molecule has 0 aliphatic heterocycles. The van der Waals surface area contributed by atoms with Gasteiger partial charge in [0, 0.05) is 18.5 Å². The highest BCUT2D eigenvalue weighted by molar-refractivity contribution is 5.87. The van der Waals surface area contributed by atoms with Gasteiger partial charge in [-0.3, -0.25) is 4.99 Å². The van der Waals surface area contributed by atoms with Crippen molar-refractivity contribution in [2.45, 2.75) is 32.9 Å². The molecule has 1 aromatic heterocycles. The van der Waals surface area contributed by atoms with E-state index in [0.29, 0.717) is 5.70 Å². The largest absolute Gasteiger partial charge is 0.494 e. The van der Waals surface area contributed by atoms with Crippen molar-refractivity contribution in [1.29, 1.82) is 0 Å². The Balaban J connectivity index is 2.07. The third kappa shape index (κ3) is 6.53. The van der Waals surface area contributed by atoms with Gasteiger partial charge in [0.2, 0.25) is 5.95 Å². The van der Waals surface area contributed by atoms with Gasteiger partial charge in [0.15, 0.2) is 34.4 Å². The van der Waals surface area contributed by atoms with E-state index >= 15 is 0 Å². The van der Waals surface area contributed by atoms with Gasteiger partial charge in [-0.15, -0.1) is 0 Å². The predicted octanol–water partition coefficient (Wildman–Crippen LogP) is 2.98. The number of carbonyl (C=O) groups excluding carboxylic acids is 1. The number of ether oxygens (including phenoxy) is 4. The van der Waals surface area contributed by atoms with Crippen molar-refractivity contribution in [2.24, 2.45) is 10.7 Å². The summed E-state index contributed by atoms with van der Waals surface area (Å²) in [6, 6.07) is 1.11. The Labute approximate surface area is 195 Å². The van der Waals surface area contributed by atoms with Gasteiger partial charge in [-0.05, 0) is 20.8 Å². The molecule has 10 nitrogen and oxygen atoms in total. The third-order valence-electron chi connectivity index (χ3n) is 4.41. The lowest BCUT2D eigenvalue weighted by molar-refractivity contribution is -0.148. The van der Waals surface area contributed by atoms with Gasteiger partial charge in [-0.1, -0.05) is 0 Å². The summed E-state index contributed by atoms with van der Waals surface area (Å²) in [7, 11) is 2.51. The molecule has 1 aromatic carbocycles. The van der Waals surface area contributed by atoms with E-state index in [-0.39, 0.29) is 35.4 Å². The molecule has 12 heteroatoms. The summed E-state index contributed by atoms with van der Waals surface area (Å²) >= 11 is 0. The first kappa shape index (κ1) is 26.3. The van der Waals surface area contributed by atoms with Gasteiger partial charge < -0.3 is 30.0 Å². The number of hydrogen-bond donors (Lipinski definition) is 2. The summed E-state index contributed by atoms with van der Waals surface area (Å²) in [5.74, 6) is -2.35. The van der Waals surface area contributed by atoms with Gasteiger partial charge >= 0.3 is 5.97 Å². The molecule has 184 valence electrons. The number of aromatic nitrogens is 2. The SMILES string of the molecule is CCOC(=O)C(C)(C)N=CC(=CN)Nc1ncc(OCc2c(F)c(OC)cc(OC)c2F)cn1. The van der Waals surface area contributed by atoms with Crippen LogP contribution in [0.25, 0.3) is 0 Å². The number of hydrogen-bond acceptors (Lipinski definition) is 10. The number of nitrogens with zero attached hydrogens (tertiary/aromatic N) is 3. The number of aliphatic imine (C=N–C) groups is 1. The van der Waals surface area contributed by atoms with Crippen molar-refractivity contribution < 1.29 is 32.5 Å². The number of halogens is 2. The van der Waals surface area contributed by atoms with Crippen LogP contribution in [-0.2, 0) is 16.1 Å². The second-order valence-corrected chi connectivity index (χ2v) is 7.20. The van der Waals surface area contributed by atoms with Crippen LogP contribution in [0.4, 0.5) is 14.7 Å². The fourth-order valence-electron chi connectivity index (χ4n) is 2.51. The van der Waals surface area contributed by atoms with E-state index < -0.39 is 29.7 Å². The van der Waals surface area contributed by atoms with Crippen LogP contribution in [0.2, 0.25) is 0 Å². The molecule has 0 radical (unpaired) electrons. The number of benzene rings is 1. The maximum atomic E-state index is 14.4. The van der Waals surface area contributed by atoms with Crippen molar-refractivity contribution in [3.8, 4) is 17.2 Å². The second-order valence-electron chi connectivity index (χ2n) is 7.20. The van der Waals surface area contributed by atoms with Crippen molar-refractivity contribution in [2.75, 3.05) is 26.1 Å². The van der Waals surface area contributed by atoms with Crippen molar-refractivity contribution in [1.82, 2.24) is 9.97 Å².